The van der Waals surface area contributed by atoms with Gasteiger partial charge in [0.2, 0.25) is 5.91 Å². The van der Waals surface area contributed by atoms with E-state index in [0.29, 0.717) is 58.0 Å². The molecule has 0 N–H and O–H groups in total. The molecule has 2 aromatic carbocycles. The van der Waals surface area contributed by atoms with Crippen LogP contribution in [0.15, 0.2) is 54.6 Å². The summed E-state index contributed by atoms with van der Waals surface area (Å²) in [6, 6.07) is 17.7. The molecule has 0 aromatic heterocycles. The normalized spacial score (nSPS) is 21.0. The van der Waals surface area contributed by atoms with Crippen molar-refractivity contribution in [2.24, 2.45) is 5.41 Å². The van der Waals surface area contributed by atoms with E-state index < -0.39 is 5.41 Å². The van der Waals surface area contributed by atoms with Gasteiger partial charge in [-0.2, -0.15) is 0 Å². The number of morpholine rings is 1. The van der Waals surface area contributed by atoms with Gasteiger partial charge in [0.15, 0.2) is 0 Å². The second-order valence-electron chi connectivity index (χ2n) is 10.9. The van der Waals surface area contributed by atoms with Gasteiger partial charge in [0.1, 0.15) is 5.75 Å². The maximum Gasteiger partial charge on any atom is 0.253 e. The van der Waals surface area contributed by atoms with Gasteiger partial charge in [-0.05, 0) is 48.1 Å². The molecule has 2 aliphatic rings. The summed E-state index contributed by atoms with van der Waals surface area (Å²) in [7, 11) is 0. The monoisotopic (exact) mass is 478 g/mol. The van der Waals surface area contributed by atoms with E-state index in [-0.39, 0.29) is 17.2 Å². The third-order valence-corrected chi connectivity index (χ3v) is 7.12. The minimum absolute atomic E-state index is 0.0214. The van der Waals surface area contributed by atoms with E-state index >= 15 is 0 Å². The molecule has 2 saturated heterocycles. The maximum atomic E-state index is 13.5. The van der Waals surface area contributed by atoms with Crippen molar-refractivity contribution in [1.82, 2.24) is 9.80 Å². The van der Waals surface area contributed by atoms with Crippen LogP contribution in [0, 0.1) is 5.41 Å². The number of likely N-dealkylation sites (tertiary alicyclic amines) is 1. The Morgan fingerprint density at radius 1 is 0.943 bits per heavy atom. The largest absolute Gasteiger partial charge is 0.493 e. The Morgan fingerprint density at radius 2 is 1.63 bits per heavy atom. The van der Waals surface area contributed by atoms with Crippen LogP contribution in [0.3, 0.4) is 0 Å². The van der Waals surface area contributed by atoms with Gasteiger partial charge >= 0.3 is 0 Å². The van der Waals surface area contributed by atoms with Gasteiger partial charge in [-0.1, -0.05) is 51.1 Å². The molecule has 0 unspecified atom stereocenters. The van der Waals surface area contributed by atoms with E-state index in [4.69, 9.17) is 9.47 Å². The number of rotatable bonds is 6. The minimum Gasteiger partial charge on any atom is -0.493 e. The average Bonchev–Trinajstić information content (AvgIpc) is 2.88. The topological polar surface area (TPSA) is 59.1 Å². The number of carbonyl (C=O) groups is 2. The Labute approximate surface area is 209 Å². The van der Waals surface area contributed by atoms with Gasteiger partial charge < -0.3 is 19.3 Å². The second-order valence-corrected chi connectivity index (χ2v) is 10.9. The molecule has 0 bridgehead atoms. The van der Waals surface area contributed by atoms with Gasteiger partial charge in [-0.15, -0.1) is 0 Å². The molecule has 0 saturated carbocycles. The fourth-order valence-electron chi connectivity index (χ4n) is 4.99. The fourth-order valence-corrected chi connectivity index (χ4v) is 4.99. The molecule has 188 valence electrons. The van der Waals surface area contributed by atoms with E-state index in [1.54, 1.807) is 0 Å². The van der Waals surface area contributed by atoms with E-state index in [9.17, 15) is 9.59 Å². The lowest BCUT2D eigenvalue weighted by molar-refractivity contribution is -0.139. The average molecular weight is 479 g/mol. The molecular formula is C29H38N2O4. The lowest BCUT2D eigenvalue weighted by Crippen LogP contribution is -2.52. The number of para-hydroxylation sites is 1. The Bertz CT molecular complexity index is 994. The van der Waals surface area contributed by atoms with Crippen LogP contribution in [0.2, 0.25) is 0 Å². The smallest absolute Gasteiger partial charge is 0.253 e. The maximum absolute atomic E-state index is 13.5. The molecule has 0 radical (unpaired) electrons. The Balaban J connectivity index is 1.51. The van der Waals surface area contributed by atoms with Crippen LogP contribution in [0.1, 0.15) is 56.0 Å². The zero-order valence-corrected chi connectivity index (χ0v) is 21.3. The first-order valence-electron chi connectivity index (χ1n) is 12.7. The van der Waals surface area contributed by atoms with Crippen molar-refractivity contribution in [1.29, 1.82) is 0 Å². The summed E-state index contributed by atoms with van der Waals surface area (Å²) in [5.74, 6) is 0.925. The lowest BCUT2D eigenvalue weighted by atomic mass is 9.77. The van der Waals surface area contributed by atoms with Crippen LogP contribution in [0.25, 0.3) is 0 Å². The number of piperidine rings is 1. The zero-order chi connectivity index (χ0) is 24.9. The van der Waals surface area contributed by atoms with Crippen LogP contribution in [-0.4, -0.2) is 67.6 Å². The number of benzene rings is 2. The summed E-state index contributed by atoms with van der Waals surface area (Å²) < 4.78 is 11.6. The second kappa shape index (κ2) is 10.8. The van der Waals surface area contributed by atoms with E-state index in [2.05, 4.69) is 20.8 Å². The molecule has 6 heteroatoms. The first-order valence-corrected chi connectivity index (χ1v) is 12.7. The van der Waals surface area contributed by atoms with Crippen molar-refractivity contribution in [3.05, 3.63) is 65.7 Å². The van der Waals surface area contributed by atoms with Crippen LogP contribution in [0.4, 0.5) is 0 Å². The summed E-state index contributed by atoms with van der Waals surface area (Å²) in [6.45, 7) is 10.5. The molecule has 2 heterocycles. The van der Waals surface area contributed by atoms with Crippen molar-refractivity contribution >= 4 is 11.8 Å². The Kier molecular flexibility index (Phi) is 7.80. The standard InChI is InChI=1S/C29H38N2O4/c1-28(2,3)24-12-10-23(11-13-24)27(33)31-15-7-14-29(21-31,22-35-25-8-5-4-6-9-25)20-26(32)30-16-18-34-19-17-30/h4-6,8-13H,7,14-22H2,1-3H3/t29-/m1/s1. The van der Waals surface area contributed by atoms with E-state index in [1.807, 2.05) is 64.4 Å². The van der Waals surface area contributed by atoms with Crippen LogP contribution >= 0.6 is 0 Å². The molecule has 2 aliphatic heterocycles. The van der Waals surface area contributed by atoms with E-state index in [1.165, 1.54) is 5.56 Å². The predicted octanol–water partition coefficient (Wildman–Crippen LogP) is 4.53. The van der Waals surface area contributed by atoms with Gasteiger partial charge in [0, 0.05) is 43.6 Å². The highest BCUT2D eigenvalue weighted by Crippen LogP contribution is 2.36. The number of hydrogen-bond donors (Lipinski definition) is 0. The van der Waals surface area contributed by atoms with Crippen molar-refractivity contribution in [3.63, 3.8) is 0 Å². The predicted molar refractivity (Wildman–Crippen MR) is 137 cm³/mol. The summed E-state index contributed by atoms with van der Waals surface area (Å²) in [4.78, 5) is 30.6. The van der Waals surface area contributed by atoms with Crippen LogP contribution in [-0.2, 0) is 14.9 Å². The highest BCUT2D eigenvalue weighted by atomic mass is 16.5. The first kappa shape index (κ1) is 25.2. The third kappa shape index (κ3) is 6.43. The Hall–Kier alpha value is -2.86. The number of hydrogen-bond acceptors (Lipinski definition) is 4. The van der Waals surface area contributed by atoms with Crippen molar-refractivity contribution in [3.8, 4) is 5.75 Å². The molecular weight excluding hydrogens is 440 g/mol. The summed E-state index contributed by atoms with van der Waals surface area (Å²) in [5.41, 5.74) is 1.51. The van der Waals surface area contributed by atoms with Crippen molar-refractivity contribution in [2.45, 2.75) is 45.4 Å². The highest BCUT2D eigenvalue weighted by molar-refractivity contribution is 5.94. The zero-order valence-electron chi connectivity index (χ0n) is 21.3. The highest BCUT2D eigenvalue weighted by Gasteiger charge is 2.41. The molecule has 2 aromatic rings. The molecule has 0 spiro atoms. The molecule has 1 atom stereocenters. The van der Waals surface area contributed by atoms with Crippen molar-refractivity contribution < 1.29 is 19.1 Å². The first-order chi connectivity index (χ1) is 16.8. The van der Waals surface area contributed by atoms with Gasteiger partial charge in [-0.25, -0.2) is 0 Å². The SMILES string of the molecule is CC(C)(C)c1ccc(C(=O)N2CCC[C@@](COc3ccccc3)(CC(=O)N3CCOCC3)C2)cc1. The molecule has 35 heavy (non-hydrogen) atoms. The fraction of sp³-hybridized carbons (Fsp3) is 0.517. The van der Waals surface area contributed by atoms with Crippen LogP contribution in [0.5, 0.6) is 5.75 Å². The summed E-state index contributed by atoms with van der Waals surface area (Å²) in [6.07, 6.45) is 2.07. The third-order valence-electron chi connectivity index (χ3n) is 7.12. The van der Waals surface area contributed by atoms with Crippen molar-refractivity contribution in [2.75, 3.05) is 46.0 Å². The quantitative estimate of drug-likeness (QED) is 0.612. The number of nitrogens with zero attached hydrogens (tertiary/aromatic N) is 2. The molecule has 6 nitrogen and oxygen atoms in total. The number of amides is 2. The summed E-state index contributed by atoms with van der Waals surface area (Å²) >= 11 is 0. The molecule has 2 fully saturated rings. The molecule has 0 aliphatic carbocycles. The van der Waals surface area contributed by atoms with E-state index in [0.717, 1.165) is 18.6 Å². The molecule has 2 amide bonds. The number of carbonyl (C=O) groups excluding carboxylic acids is 2. The number of ether oxygens (including phenoxy) is 2. The van der Waals surface area contributed by atoms with Gasteiger partial charge in [0.25, 0.3) is 5.91 Å². The van der Waals surface area contributed by atoms with Gasteiger partial charge in [-0.3, -0.25) is 9.59 Å². The van der Waals surface area contributed by atoms with Crippen LogP contribution < -0.4 is 4.74 Å². The van der Waals surface area contributed by atoms with Gasteiger partial charge in [0.05, 0.1) is 19.8 Å². The lowest BCUT2D eigenvalue weighted by Gasteiger charge is -2.43. The minimum atomic E-state index is -0.426. The molecule has 4 rings (SSSR count). The Morgan fingerprint density at radius 3 is 2.29 bits per heavy atom. The summed E-state index contributed by atoms with van der Waals surface area (Å²) in [5, 5.41) is 0.